The Kier molecular flexibility index (Phi) is 4.01. The fourth-order valence-electron chi connectivity index (χ4n) is 2.98. The lowest BCUT2D eigenvalue weighted by Crippen LogP contribution is -2.66. The highest BCUT2D eigenvalue weighted by atomic mass is 16.6. The number of carbonyl (C=O) groups is 2. The Labute approximate surface area is 147 Å². The van der Waals surface area contributed by atoms with Crippen molar-refractivity contribution in [3.8, 4) is 5.75 Å². The molecule has 1 amide bonds. The number of nitrogens with zero attached hydrogens (tertiary/aromatic N) is 1. The Bertz CT molecular complexity index is 754. The number of rotatable bonds is 1. The average molecular weight is 345 g/mol. The molecule has 0 aromatic heterocycles. The SMILES string of the molecule is COC(=O)c1cc2c(cc1C)C=CC1(CN(C(=O)OC(C)(C)C)C1)O2. The second-order valence-corrected chi connectivity index (χ2v) is 7.53. The van der Waals surface area contributed by atoms with Gasteiger partial charge in [-0.25, -0.2) is 9.59 Å². The molecule has 0 radical (unpaired) electrons. The van der Waals surface area contributed by atoms with Crippen LogP contribution in [0.15, 0.2) is 18.2 Å². The van der Waals surface area contributed by atoms with E-state index in [2.05, 4.69) is 0 Å². The van der Waals surface area contributed by atoms with Crippen LogP contribution in [0.25, 0.3) is 6.08 Å². The summed E-state index contributed by atoms with van der Waals surface area (Å²) in [4.78, 5) is 25.6. The molecular weight excluding hydrogens is 322 g/mol. The fourth-order valence-corrected chi connectivity index (χ4v) is 2.98. The Morgan fingerprint density at radius 3 is 2.52 bits per heavy atom. The molecule has 2 heterocycles. The molecule has 0 unspecified atom stereocenters. The molecule has 25 heavy (non-hydrogen) atoms. The van der Waals surface area contributed by atoms with Crippen LogP contribution in [0.5, 0.6) is 5.75 Å². The molecule has 1 aromatic rings. The number of esters is 1. The van der Waals surface area contributed by atoms with E-state index in [4.69, 9.17) is 14.2 Å². The molecule has 0 atom stereocenters. The van der Waals surface area contributed by atoms with Crippen molar-refractivity contribution in [1.82, 2.24) is 4.90 Å². The predicted molar refractivity (Wildman–Crippen MR) is 92.7 cm³/mol. The molecule has 1 fully saturated rings. The van der Waals surface area contributed by atoms with E-state index in [1.807, 2.05) is 45.9 Å². The zero-order valence-electron chi connectivity index (χ0n) is 15.2. The van der Waals surface area contributed by atoms with Crippen molar-refractivity contribution < 1.29 is 23.8 Å². The normalized spacial score (nSPS) is 17.4. The van der Waals surface area contributed by atoms with E-state index in [0.717, 1.165) is 11.1 Å². The van der Waals surface area contributed by atoms with Crippen molar-refractivity contribution in [2.75, 3.05) is 20.2 Å². The first-order valence-corrected chi connectivity index (χ1v) is 8.22. The first-order valence-electron chi connectivity index (χ1n) is 8.22. The van der Waals surface area contributed by atoms with Gasteiger partial charge in [-0.15, -0.1) is 0 Å². The third kappa shape index (κ3) is 3.34. The van der Waals surface area contributed by atoms with Gasteiger partial charge in [0, 0.05) is 5.56 Å². The summed E-state index contributed by atoms with van der Waals surface area (Å²) in [6.07, 6.45) is 3.59. The van der Waals surface area contributed by atoms with Crippen LogP contribution in [0.2, 0.25) is 0 Å². The van der Waals surface area contributed by atoms with Gasteiger partial charge in [0.2, 0.25) is 0 Å². The molecule has 3 rings (SSSR count). The highest BCUT2D eigenvalue weighted by Gasteiger charge is 2.48. The lowest BCUT2D eigenvalue weighted by atomic mass is 9.89. The van der Waals surface area contributed by atoms with Gasteiger partial charge in [-0.05, 0) is 51.5 Å². The molecule has 0 bridgehead atoms. The van der Waals surface area contributed by atoms with Crippen LogP contribution in [0, 0.1) is 6.92 Å². The molecule has 6 nitrogen and oxygen atoms in total. The Balaban J connectivity index is 1.75. The summed E-state index contributed by atoms with van der Waals surface area (Å²) in [7, 11) is 1.36. The summed E-state index contributed by atoms with van der Waals surface area (Å²) >= 11 is 0. The van der Waals surface area contributed by atoms with Gasteiger partial charge in [-0.2, -0.15) is 0 Å². The maximum Gasteiger partial charge on any atom is 0.410 e. The van der Waals surface area contributed by atoms with Crippen molar-refractivity contribution in [3.63, 3.8) is 0 Å². The second kappa shape index (κ2) is 5.79. The highest BCUT2D eigenvalue weighted by molar-refractivity contribution is 5.92. The van der Waals surface area contributed by atoms with Gasteiger partial charge >= 0.3 is 12.1 Å². The van der Waals surface area contributed by atoms with Crippen LogP contribution in [0.4, 0.5) is 4.79 Å². The minimum Gasteiger partial charge on any atom is -0.479 e. The van der Waals surface area contributed by atoms with Crippen molar-refractivity contribution in [2.45, 2.75) is 38.9 Å². The first kappa shape index (κ1) is 17.3. The van der Waals surface area contributed by atoms with Crippen LogP contribution in [-0.2, 0) is 9.47 Å². The van der Waals surface area contributed by atoms with Gasteiger partial charge in [0.1, 0.15) is 11.4 Å². The molecule has 0 N–H and O–H groups in total. The van der Waals surface area contributed by atoms with Crippen LogP contribution in [-0.4, -0.2) is 48.4 Å². The summed E-state index contributed by atoms with van der Waals surface area (Å²) in [5.41, 5.74) is 1.13. The molecular formula is C19H23NO5. The van der Waals surface area contributed by atoms with Gasteiger partial charge in [0.25, 0.3) is 0 Å². The predicted octanol–water partition coefficient (Wildman–Crippen LogP) is 3.18. The van der Waals surface area contributed by atoms with E-state index in [0.29, 0.717) is 24.4 Å². The molecule has 2 aliphatic rings. The zero-order chi connectivity index (χ0) is 18.4. The van der Waals surface area contributed by atoms with Gasteiger partial charge < -0.3 is 14.2 Å². The van der Waals surface area contributed by atoms with Crippen molar-refractivity contribution in [2.24, 2.45) is 0 Å². The van der Waals surface area contributed by atoms with Crippen LogP contribution in [0.3, 0.4) is 0 Å². The van der Waals surface area contributed by atoms with Gasteiger partial charge in [-0.3, -0.25) is 4.90 Å². The van der Waals surface area contributed by atoms with Crippen molar-refractivity contribution >= 4 is 18.1 Å². The zero-order valence-corrected chi connectivity index (χ0v) is 15.2. The van der Waals surface area contributed by atoms with Gasteiger partial charge in [0.15, 0.2) is 5.60 Å². The number of aryl methyl sites for hydroxylation is 1. The molecule has 0 saturated carbocycles. The lowest BCUT2D eigenvalue weighted by Gasteiger charge is -2.49. The van der Waals surface area contributed by atoms with E-state index >= 15 is 0 Å². The number of hydrogen-bond donors (Lipinski definition) is 0. The number of likely N-dealkylation sites (tertiary alicyclic amines) is 1. The van der Waals surface area contributed by atoms with E-state index < -0.39 is 17.2 Å². The quantitative estimate of drug-likeness (QED) is 0.732. The molecule has 134 valence electrons. The maximum atomic E-state index is 12.1. The Morgan fingerprint density at radius 2 is 1.92 bits per heavy atom. The summed E-state index contributed by atoms with van der Waals surface area (Å²) in [5, 5.41) is 0. The minimum atomic E-state index is -0.563. The number of benzene rings is 1. The Morgan fingerprint density at radius 1 is 1.24 bits per heavy atom. The summed E-state index contributed by atoms with van der Waals surface area (Å²) in [6, 6.07) is 3.60. The number of hydrogen-bond acceptors (Lipinski definition) is 5. The minimum absolute atomic E-state index is 0.347. The molecule has 0 aliphatic carbocycles. The molecule has 1 aromatic carbocycles. The van der Waals surface area contributed by atoms with E-state index in [1.165, 1.54) is 7.11 Å². The lowest BCUT2D eigenvalue weighted by molar-refractivity contribution is -0.0564. The van der Waals surface area contributed by atoms with E-state index in [1.54, 1.807) is 11.0 Å². The molecule has 2 aliphatic heterocycles. The van der Waals surface area contributed by atoms with Gasteiger partial charge in [-0.1, -0.05) is 6.08 Å². The third-order valence-corrected chi connectivity index (χ3v) is 4.21. The topological polar surface area (TPSA) is 65.1 Å². The number of methoxy groups -OCH3 is 1. The first-order chi connectivity index (χ1) is 11.6. The summed E-state index contributed by atoms with van der Waals surface area (Å²) in [5.74, 6) is 0.230. The average Bonchev–Trinajstić information content (AvgIpc) is 2.49. The summed E-state index contributed by atoms with van der Waals surface area (Å²) < 4.78 is 16.3. The highest BCUT2D eigenvalue weighted by Crippen LogP contribution is 2.38. The van der Waals surface area contributed by atoms with Crippen molar-refractivity contribution in [3.05, 3.63) is 34.9 Å². The van der Waals surface area contributed by atoms with Gasteiger partial charge in [0.05, 0.1) is 25.8 Å². The number of ether oxygens (including phenoxy) is 3. The molecule has 6 heteroatoms. The fraction of sp³-hybridized carbons (Fsp3) is 0.474. The monoisotopic (exact) mass is 345 g/mol. The van der Waals surface area contributed by atoms with Crippen LogP contribution >= 0.6 is 0 Å². The largest absolute Gasteiger partial charge is 0.479 e. The Hall–Kier alpha value is -2.50. The number of fused-ring (bicyclic) bond motifs is 1. The van der Waals surface area contributed by atoms with Crippen LogP contribution < -0.4 is 4.74 Å². The number of amides is 1. The third-order valence-electron chi connectivity index (χ3n) is 4.21. The maximum absolute atomic E-state index is 12.1. The summed E-state index contributed by atoms with van der Waals surface area (Å²) in [6.45, 7) is 8.20. The smallest absolute Gasteiger partial charge is 0.410 e. The van der Waals surface area contributed by atoms with E-state index in [-0.39, 0.29) is 6.09 Å². The number of carbonyl (C=O) groups excluding carboxylic acids is 2. The molecule has 1 saturated heterocycles. The molecule has 1 spiro atoms. The second-order valence-electron chi connectivity index (χ2n) is 7.53. The van der Waals surface area contributed by atoms with Crippen molar-refractivity contribution in [1.29, 1.82) is 0 Å². The van der Waals surface area contributed by atoms with Crippen LogP contribution in [0.1, 0.15) is 42.3 Å². The standard InChI is InChI=1S/C19H23NO5/c1-12-8-13-6-7-19(24-15(13)9-14(12)16(21)23-5)10-20(11-19)17(22)25-18(2,3)4/h6-9H,10-11H2,1-5H3. The van der Waals surface area contributed by atoms with E-state index in [9.17, 15) is 9.59 Å².